The van der Waals surface area contributed by atoms with E-state index in [1.165, 1.54) is 12.1 Å². The Morgan fingerprint density at radius 3 is 2.87 bits per heavy atom. The van der Waals surface area contributed by atoms with Gasteiger partial charge in [-0.1, -0.05) is 0 Å². The van der Waals surface area contributed by atoms with Gasteiger partial charge in [-0.05, 0) is 48.1 Å². The average molecular weight is 271 g/mol. The number of halogens is 2. The summed E-state index contributed by atoms with van der Waals surface area (Å²) in [6, 6.07) is 4.94. The molecule has 1 heterocycles. The van der Waals surface area contributed by atoms with Crippen LogP contribution < -0.4 is 5.32 Å². The molecule has 0 fully saturated rings. The molecule has 0 spiro atoms. The number of benzene rings is 1. The summed E-state index contributed by atoms with van der Waals surface area (Å²) in [5, 5.41) is 4.02. The number of hydrogen-bond donors (Lipinski definition) is 2. The van der Waals surface area contributed by atoms with Crippen molar-refractivity contribution in [3.8, 4) is 0 Å². The molecule has 80 valence electrons. The van der Waals surface area contributed by atoms with Crippen LogP contribution in [0.15, 0.2) is 22.7 Å². The van der Waals surface area contributed by atoms with Gasteiger partial charge in [-0.15, -0.1) is 0 Å². The van der Waals surface area contributed by atoms with Gasteiger partial charge >= 0.3 is 0 Å². The number of rotatable bonds is 2. The van der Waals surface area contributed by atoms with Crippen LogP contribution in [-0.4, -0.2) is 12.0 Å². The van der Waals surface area contributed by atoms with Crippen molar-refractivity contribution < 1.29 is 4.39 Å². The van der Waals surface area contributed by atoms with E-state index in [4.69, 9.17) is 0 Å². The Bertz CT molecular complexity index is 493. The minimum Gasteiger partial charge on any atom is -0.356 e. The zero-order valence-corrected chi connectivity index (χ0v) is 10.2. The third kappa shape index (κ3) is 1.79. The molecule has 1 unspecified atom stereocenters. The van der Waals surface area contributed by atoms with Crippen molar-refractivity contribution in [1.82, 2.24) is 10.3 Å². The molecule has 0 saturated heterocycles. The highest BCUT2D eigenvalue weighted by atomic mass is 79.9. The lowest BCUT2D eigenvalue weighted by Gasteiger charge is -2.08. The quantitative estimate of drug-likeness (QED) is 0.861. The monoisotopic (exact) mass is 270 g/mol. The Morgan fingerprint density at radius 1 is 1.47 bits per heavy atom. The third-order valence-corrected chi connectivity index (χ3v) is 3.44. The highest BCUT2D eigenvalue weighted by Crippen LogP contribution is 2.31. The van der Waals surface area contributed by atoms with Gasteiger partial charge in [-0.2, -0.15) is 0 Å². The summed E-state index contributed by atoms with van der Waals surface area (Å²) in [6.45, 7) is 2.05. The van der Waals surface area contributed by atoms with E-state index in [9.17, 15) is 4.39 Å². The highest BCUT2D eigenvalue weighted by molar-refractivity contribution is 9.10. The summed E-state index contributed by atoms with van der Waals surface area (Å²) in [5.41, 5.74) is 1.98. The van der Waals surface area contributed by atoms with E-state index in [0.29, 0.717) is 0 Å². The molecule has 2 N–H and O–H groups in total. The van der Waals surface area contributed by atoms with Crippen molar-refractivity contribution in [2.24, 2.45) is 0 Å². The van der Waals surface area contributed by atoms with Gasteiger partial charge in [0.25, 0.3) is 0 Å². The fourth-order valence-corrected chi connectivity index (χ4v) is 2.37. The molecule has 0 aliphatic rings. The summed E-state index contributed by atoms with van der Waals surface area (Å²) >= 11 is 3.49. The lowest BCUT2D eigenvalue weighted by atomic mass is 10.2. The second kappa shape index (κ2) is 3.94. The van der Waals surface area contributed by atoms with Crippen molar-refractivity contribution in [3.05, 3.63) is 34.2 Å². The van der Waals surface area contributed by atoms with Gasteiger partial charge < -0.3 is 10.3 Å². The largest absolute Gasteiger partial charge is 0.356 e. The Kier molecular flexibility index (Phi) is 2.80. The van der Waals surface area contributed by atoms with E-state index in [1.54, 1.807) is 6.07 Å². The topological polar surface area (TPSA) is 27.8 Å². The van der Waals surface area contributed by atoms with Crippen LogP contribution in [-0.2, 0) is 0 Å². The predicted molar refractivity (Wildman–Crippen MR) is 63.4 cm³/mol. The number of hydrogen-bond acceptors (Lipinski definition) is 1. The predicted octanol–water partition coefficient (Wildman–Crippen LogP) is 3.35. The van der Waals surface area contributed by atoms with Gasteiger partial charge in [0.15, 0.2) is 0 Å². The van der Waals surface area contributed by atoms with Crippen LogP contribution in [0.5, 0.6) is 0 Å². The fourth-order valence-electron chi connectivity index (χ4n) is 1.59. The molecule has 15 heavy (non-hydrogen) atoms. The molecule has 1 atom stereocenters. The van der Waals surface area contributed by atoms with Crippen LogP contribution in [0.3, 0.4) is 0 Å². The van der Waals surface area contributed by atoms with Gasteiger partial charge in [0.1, 0.15) is 5.82 Å². The Hall–Kier alpha value is -0.870. The Labute approximate surface area is 96.0 Å². The molecule has 0 amide bonds. The Balaban J connectivity index is 2.64. The van der Waals surface area contributed by atoms with Gasteiger partial charge in [0.05, 0.1) is 0 Å². The first kappa shape index (κ1) is 10.6. The van der Waals surface area contributed by atoms with Crippen molar-refractivity contribution in [2.45, 2.75) is 13.0 Å². The fraction of sp³-hybridized carbons (Fsp3) is 0.273. The van der Waals surface area contributed by atoms with Crippen molar-refractivity contribution >= 4 is 26.8 Å². The minimum absolute atomic E-state index is 0.204. The Morgan fingerprint density at radius 2 is 2.20 bits per heavy atom. The van der Waals surface area contributed by atoms with Crippen LogP contribution in [0, 0.1) is 5.82 Å². The summed E-state index contributed by atoms with van der Waals surface area (Å²) in [5.74, 6) is -0.217. The van der Waals surface area contributed by atoms with E-state index in [-0.39, 0.29) is 11.9 Å². The van der Waals surface area contributed by atoms with Crippen LogP contribution >= 0.6 is 15.9 Å². The highest BCUT2D eigenvalue weighted by Gasteiger charge is 2.13. The number of aromatic amines is 1. The second-order valence-corrected chi connectivity index (χ2v) is 4.35. The number of nitrogens with one attached hydrogen (secondary N) is 2. The summed E-state index contributed by atoms with van der Waals surface area (Å²) in [4.78, 5) is 3.27. The van der Waals surface area contributed by atoms with Crippen molar-refractivity contribution in [2.75, 3.05) is 7.05 Å². The van der Waals surface area contributed by atoms with Crippen LogP contribution in [0.4, 0.5) is 4.39 Å². The molecule has 1 aromatic heterocycles. The van der Waals surface area contributed by atoms with Crippen LogP contribution in [0.2, 0.25) is 0 Å². The van der Waals surface area contributed by atoms with Crippen LogP contribution in [0.1, 0.15) is 18.7 Å². The number of aromatic nitrogens is 1. The van der Waals surface area contributed by atoms with E-state index in [1.807, 2.05) is 14.0 Å². The molecule has 1 aromatic carbocycles. The van der Waals surface area contributed by atoms with Gasteiger partial charge in [-0.25, -0.2) is 4.39 Å². The van der Waals surface area contributed by atoms with E-state index < -0.39 is 0 Å². The normalized spacial score (nSPS) is 13.3. The number of fused-ring (bicyclic) bond motifs is 1. The number of H-pyrrole nitrogens is 1. The molecular formula is C11H12BrFN2. The lowest BCUT2D eigenvalue weighted by molar-refractivity contribution is 0.629. The van der Waals surface area contributed by atoms with Gasteiger partial charge in [-0.3, -0.25) is 0 Å². The molecule has 4 heteroatoms. The van der Waals surface area contributed by atoms with Crippen LogP contribution in [0.25, 0.3) is 10.9 Å². The van der Waals surface area contributed by atoms with Crippen molar-refractivity contribution in [3.63, 3.8) is 0 Å². The SMILES string of the molecule is CNC(C)c1[nH]c2ccc(F)cc2c1Br. The molecule has 2 rings (SSSR count). The smallest absolute Gasteiger partial charge is 0.123 e. The molecule has 0 aliphatic heterocycles. The van der Waals surface area contributed by atoms with E-state index >= 15 is 0 Å². The van der Waals surface area contributed by atoms with Gasteiger partial charge in [0, 0.05) is 27.1 Å². The standard InChI is InChI=1S/C11H12BrFN2/c1-6(14-2)11-10(12)8-5-7(13)3-4-9(8)15-11/h3-6,14-15H,1-2H3. The van der Waals surface area contributed by atoms with E-state index in [0.717, 1.165) is 21.1 Å². The first-order chi connectivity index (χ1) is 7.13. The molecule has 0 bridgehead atoms. The molecule has 2 nitrogen and oxygen atoms in total. The second-order valence-electron chi connectivity index (χ2n) is 3.55. The van der Waals surface area contributed by atoms with Gasteiger partial charge in [0.2, 0.25) is 0 Å². The summed E-state index contributed by atoms with van der Waals surface area (Å²) in [6.07, 6.45) is 0. The lowest BCUT2D eigenvalue weighted by Crippen LogP contribution is -2.12. The first-order valence-electron chi connectivity index (χ1n) is 4.77. The third-order valence-electron chi connectivity index (χ3n) is 2.59. The summed E-state index contributed by atoms with van der Waals surface area (Å²) in [7, 11) is 1.89. The minimum atomic E-state index is -0.217. The molecule has 2 aromatic rings. The van der Waals surface area contributed by atoms with Crippen molar-refractivity contribution in [1.29, 1.82) is 0 Å². The molecule has 0 aliphatic carbocycles. The maximum atomic E-state index is 13.1. The molecule has 0 radical (unpaired) electrons. The summed E-state index contributed by atoms with van der Waals surface area (Å²) < 4.78 is 14.0. The average Bonchev–Trinajstić information content (AvgIpc) is 2.55. The first-order valence-corrected chi connectivity index (χ1v) is 5.56. The maximum absolute atomic E-state index is 13.1. The molecular weight excluding hydrogens is 259 g/mol. The zero-order valence-electron chi connectivity index (χ0n) is 8.57. The van der Waals surface area contributed by atoms with E-state index in [2.05, 4.69) is 26.2 Å². The molecule has 0 saturated carbocycles. The zero-order chi connectivity index (χ0) is 11.0. The maximum Gasteiger partial charge on any atom is 0.123 e.